The van der Waals surface area contributed by atoms with E-state index in [9.17, 15) is 53.1 Å². The van der Waals surface area contributed by atoms with Crippen molar-refractivity contribution in [1.82, 2.24) is 50.7 Å². The maximum absolute atomic E-state index is 15.0. The predicted molar refractivity (Wildman–Crippen MR) is 319 cm³/mol. The third-order valence-electron chi connectivity index (χ3n) is 16.5. The van der Waals surface area contributed by atoms with Gasteiger partial charge in [0.25, 0.3) is 0 Å². The molecule has 84 heavy (non-hydrogen) atoms. The molecule has 0 aliphatic carbocycles. The summed E-state index contributed by atoms with van der Waals surface area (Å²) < 4.78 is 0. The van der Waals surface area contributed by atoms with Crippen LogP contribution in [0.5, 0.6) is 0 Å². The van der Waals surface area contributed by atoms with Crippen LogP contribution in [0.1, 0.15) is 132 Å². The van der Waals surface area contributed by atoms with Crippen molar-refractivity contribution in [3.8, 4) is 0 Å². The molecule has 3 fully saturated rings. The molecule has 11 atom stereocenters. The molecule has 0 spiro atoms. The van der Waals surface area contributed by atoms with Gasteiger partial charge in [0.2, 0.25) is 59.1 Å². The van der Waals surface area contributed by atoms with E-state index in [1.807, 2.05) is 79.7 Å². The highest BCUT2D eigenvalue weighted by molar-refractivity contribution is 6.00. The minimum Gasteiger partial charge on any atom is -0.391 e. The van der Waals surface area contributed by atoms with Crippen molar-refractivity contribution < 1.29 is 53.1 Å². The van der Waals surface area contributed by atoms with Gasteiger partial charge in [0.05, 0.1) is 6.10 Å². The molecule has 3 saturated heterocycles. The van der Waals surface area contributed by atoms with Crippen LogP contribution in [0.4, 0.5) is 0 Å². The molecule has 21 nitrogen and oxygen atoms in total. The van der Waals surface area contributed by atoms with E-state index < -0.39 is 126 Å². The number of nitrogens with one attached hydrogen (secondary N) is 4. The largest absolute Gasteiger partial charge is 0.391 e. The molecule has 3 heterocycles. The molecule has 2 aromatic rings. The number of likely N-dealkylation sites (N-methyl/N-ethyl adjacent to an activating group) is 4. The SMILES string of the molecule is CC(C)C[C@@H]1NC(=O)[C@H](Cc2ccccc2)N(C)C(=O)[C@H]2CCCN2C(=O)[C@H](CC(C)C)NC(=O)[C@H](C)N(C)C(=O)[C@H](CC(C)C)NC(=O)[C@H](Cc2ccccc2)N(C)C(=O)[C@H]2CCCN2C(=O)[C@H](CC(C)C)NC(=O)[C@H]([C@@H](C)O)N(C)C1=O. The van der Waals surface area contributed by atoms with E-state index >= 15 is 0 Å². The summed E-state index contributed by atoms with van der Waals surface area (Å²) in [7, 11) is 5.75. The van der Waals surface area contributed by atoms with Gasteiger partial charge < -0.3 is 55.8 Å². The van der Waals surface area contributed by atoms with Gasteiger partial charge >= 0.3 is 0 Å². The fourth-order valence-corrected chi connectivity index (χ4v) is 11.8. The molecule has 21 heteroatoms. The van der Waals surface area contributed by atoms with Gasteiger partial charge in [0, 0.05) is 54.1 Å². The number of amides is 10. The second kappa shape index (κ2) is 30.8. The Bertz CT molecular complexity index is 2620. The molecule has 2 aromatic carbocycles. The van der Waals surface area contributed by atoms with Crippen LogP contribution in [-0.2, 0) is 60.8 Å². The Balaban J connectivity index is 1.64. The monoisotopic (exact) mass is 1170 g/mol. The number of fused-ring (bicyclic) bond motifs is 2. The number of benzene rings is 2. The lowest BCUT2D eigenvalue weighted by atomic mass is 9.98. The zero-order valence-corrected chi connectivity index (χ0v) is 52.1. The molecular weight excluding hydrogens is 1070 g/mol. The molecule has 0 unspecified atom stereocenters. The number of carbonyl (C=O) groups excluding carboxylic acids is 10. The second-order valence-electron chi connectivity index (χ2n) is 25.2. The normalized spacial score (nSPS) is 27.1. The maximum atomic E-state index is 15.0. The van der Waals surface area contributed by atoms with Crippen molar-refractivity contribution in [3.63, 3.8) is 0 Å². The van der Waals surface area contributed by atoms with Gasteiger partial charge in [-0.15, -0.1) is 0 Å². The molecule has 0 radical (unpaired) electrons. The predicted octanol–water partition coefficient (Wildman–Crippen LogP) is 3.30. The summed E-state index contributed by atoms with van der Waals surface area (Å²) in [6.45, 7) is 18.2. The summed E-state index contributed by atoms with van der Waals surface area (Å²) in [5.41, 5.74) is 1.42. The van der Waals surface area contributed by atoms with E-state index in [-0.39, 0.29) is 88.1 Å². The van der Waals surface area contributed by atoms with Crippen LogP contribution in [0.15, 0.2) is 60.7 Å². The van der Waals surface area contributed by atoms with Crippen LogP contribution >= 0.6 is 0 Å². The molecule has 0 saturated carbocycles. The van der Waals surface area contributed by atoms with Gasteiger partial charge in [-0.05, 0) is 100 Å². The summed E-state index contributed by atoms with van der Waals surface area (Å²) >= 11 is 0. The minimum absolute atomic E-state index is 0.0177. The Kier molecular flexibility index (Phi) is 24.9. The summed E-state index contributed by atoms with van der Waals surface area (Å²) in [4.78, 5) is 156. The third kappa shape index (κ3) is 17.6. The third-order valence-corrected chi connectivity index (χ3v) is 16.5. The fraction of sp³-hybridized carbons (Fsp3) is 0.651. The zero-order chi connectivity index (χ0) is 62.4. The number of aliphatic hydroxyl groups is 1. The molecule has 0 bridgehead atoms. The Labute approximate surface area is 497 Å². The second-order valence-corrected chi connectivity index (χ2v) is 25.2. The number of aliphatic hydroxyl groups excluding tert-OH is 1. The Hall–Kier alpha value is -6.90. The fourth-order valence-electron chi connectivity index (χ4n) is 11.8. The Morgan fingerprint density at radius 1 is 0.429 bits per heavy atom. The van der Waals surface area contributed by atoms with E-state index in [1.165, 1.54) is 66.5 Å². The molecule has 5 rings (SSSR count). The summed E-state index contributed by atoms with van der Waals surface area (Å²) in [5, 5.41) is 22.9. The number of hydrogen-bond acceptors (Lipinski definition) is 11. The molecule has 5 N–H and O–H groups in total. The van der Waals surface area contributed by atoms with Crippen molar-refractivity contribution in [1.29, 1.82) is 0 Å². The lowest BCUT2D eigenvalue weighted by molar-refractivity contribution is -0.151. The first-order valence-electron chi connectivity index (χ1n) is 30.2. The summed E-state index contributed by atoms with van der Waals surface area (Å²) in [6.07, 6.45) is 0.491. The van der Waals surface area contributed by atoms with Gasteiger partial charge in [-0.1, -0.05) is 116 Å². The van der Waals surface area contributed by atoms with Crippen LogP contribution in [0.25, 0.3) is 0 Å². The van der Waals surface area contributed by atoms with Crippen LogP contribution in [0.2, 0.25) is 0 Å². The highest BCUT2D eigenvalue weighted by Gasteiger charge is 2.46. The van der Waals surface area contributed by atoms with Crippen molar-refractivity contribution in [2.45, 2.75) is 200 Å². The van der Waals surface area contributed by atoms with E-state index in [0.29, 0.717) is 24.0 Å². The quantitative estimate of drug-likeness (QED) is 0.195. The first-order chi connectivity index (χ1) is 39.5. The minimum atomic E-state index is -1.57. The number of carbonyl (C=O) groups is 10. The van der Waals surface area contributed by atoms with E-state index in [2.05, 4.69) is 21.3 Å². The van der Waals surface area contributed by atoms with Crippen molar-refractivity contribution >= 4 is 59.1 Å². The van der Waals surface area contributed by atoms with Gasteiger partial charge in [0.15, 0.2) is 0 Å². The van der Waals surface area contributed by atoms with Crippen molar-refractivity contribution in [2.24, 2.45) is 23.7 Å². The Morgan fingerprint density at radius 3 is 1.10 bits per heavy atom. The highest BCUT2D eigenvalue weighted by atomic mass is 16.3. The van der Waals surface area contributed by atoms with Gasteiger partial charge in [0.1, 0.15) is 60.4 Å². The zero-order valence-electron chi connectivity index (χ0n) is 52.1. The number of rotatable bonds is 13. The van der Waals surface area contributed by atoms with E-state index in [1.54, 1.807) is 36.4 Å². The van der Waals surface area contributed by atoms with Crippen molar-refractivity contribution in [2.75, 3.05) is 41.3 Å². The molecule has 464 valence electrons. The average molecular weight is 1170 g/mol. The lowest BCUT2D eigenvalue weighted by Crippen LogP contribution is -2.63. The lowest BCUT2D eigenvalue weighted by Gasteiger charge is -2.37. The van der Waals surface area contributed by atoms with Crippen molar-refractivity contribution in [3.05, 3.63) is 71.8 Å². The summed E-state index contributed by atoms with van der Waals surface area (Å²) in [6, 6.07) is 6.07. The van der Waals surface area contributed by atoms with E-state index in [4.69, 9.17) is 0 Å². The Morgan fingerprint density at radius 2 is 0.750 bits per heavy atom. The first kappa shape index (κ1) is 67.9. The number of nitrogens with zero attached hydrogens (tertiary/aromatic N) is 6. The smallest absolute Gasteiger partial charge is 0.246 e. The summed E-state index contributed by atoms with van der Waals surface area (Å²) in [5.74, 6) is -6.88. The topological polar surface area (TPSA) is 258 Å². The first-order valence-corrected chi connectivity index (χ1v) is 30.2. The van der Waals surface area contributed by atoms with Crippen LogP contribution in [0, 0.1) is 23.7 Å². The highest BCUT2D eigenvalue weighted by Crippen LogP contribution is 2.27. The van der Waals surface area contributed by atoms with Gasteiger partial charge in [-0.3, -0.25) is 47.9 Å². The maximum Gasteiger partial charge on any atom is 0.246 e. The molecule has 0 aromatic heterocycles. The van der Waals surface area contributed by atoms with Crippen LogP contribution in [0.3, 0.4) is 0 Å². The molecule has 3 aliphatic heterocycles. The number of hydrogen-bond donors (Lipinski definition) is 5. The molecule has 3 aliphatic rings. The van der Waals surface area contributed by atoms with E-state index in [0.717, 1.165) is 4.90 Å². The van der Waals surface area contributed by atoms with Gasteiger partial charge in [-0.25, -0.2) is 0 Å². The standard InChI is InChI=1S/C63H96N10O11/c1-37(2)31-45-58(79)68(11)41(9)54(75)64-47(33-39(5)6)60(81)72-29-21-27-49(72)62(83)70(13)52(36-44-25-19-16-20-26-44)56(77)66-46(32-38(3)4)59(80)71(14)53(42(10)74)57(78)67-48(34-40(7)8)61(82)73-30-22-28-50(73)63(84)69(12)51(55(76)65-45)35-43-23-17-15-18-24-43/h15-20,23-26,37-42,45-53,74H,21-22,27-36H2,1-14H3,(H,64,75)(H,65,76)(H,66,77)(H,67,78)/t41-,42+,45-,46-,47-,48-,49+,50+,51-,52-,53-/m0/s1. The molecular formula is C63H96N10O11. The van der Waals surface area contributed by atoms with Crippen LogP contribution in [-0.4, -0.2) is 201 Å². The average Bonchev–Trinajstić information content (AvgIpc) is 4.25. The van der Waals surface area contributed by atoms with Gasteiger partial charge in [-0.2, -0.15) is 0 Å². The molecule has 10 amide bonds. The van der Waals surface area contributed by atoms with Crippen LogP contribution < -0.4 is 21.3 Å².